The van der Waals surface area contributed by atoms with Gasteiger partial charge < -0.3 is 4.90 Å². The lowest BCUT2D eigenvalue weighted by atomic mass is 10.1. The zero-order valence-corrected chi connectivity index (χ0v) is 13.6. The third kappa shape index (κ3) is 3.51. The predicted octanol–water partition coefficient (Wildman–Crippen LogP) is 4.76. The van der Waals surface area contributed by atoms with Gasteiger partial charge in [0.1, 0.15) is 5.69 Å². The van der Waals surface area contributed by atoms with Gasteiger partial charge in [-0.1, -0.05) is 42.6 Å². The van der Waals surface area contributed by atoms with E-state index < -0.39 is 0 Å². The lowest BCUT2D eigenvalue weighted by Crippen LogP contribution is -2.36. The first kappa shape index (κ1) is 15.3. The summed E-state index contributed by atoms with van der Waals surface area (Å²) in [5.41, 5.74) is 0.964. The topological polar surface area (TPSA) is 46.4 Å². The van der Waals surface area contributed by atoms with Gasteiger partial charge in [0.05, 0.1) is 4.92 Å². The minimum atomic E-state index is -0.275. The molecule has 0 aliphatic heterocycles. The van der Waals surface area contributed by atoms with E-state index in [1.165, 1.54) is 12.8 Å². The van der Waals surface area contributed by atoms with Crippen molar-refractivity contribution in [3.05, 3.63) is 32.8 Å². The van der Waals surface area contributed by atoms with Crippen LogP contribution in [0.25, 0.3) is 0 Å². The second-order valence-electron chi connectivity index (χ2n) is 5.87. The van der Waals surface area contributed by atoms with Gasteiger partial charge in [0.25, 0.3) is 5.69 Å². The van der Waals surface area contributed by atoms with Gasteiger partial charge in [-0.3, -0.25) is 10.1 Å². The molecule has 0 amide bonds. The van der Waals surface area contributed by atoms with Crippen LogP contribution in [-0.4, -0.2) is 17.5 Å². The van der Waals surface area contributed by atoms with Gasteiger partial charge in [-0.05, 0) is 30.9 Å². The van der Waals surface area contributed by atoms with Crippen LogP contribution in [0.5, 0.6) is 0 Å². The van der Waals surface area contributed by atoms with Crippen molar-refractivity contribution in [3.63, 3.8) is 0 Å². The van der Waals surface area contributed by atoms with E-state index in [2.05, 4.69) is 34.7 Å². The number of anilines is 1. The lowest BCUT2D eigenvalue weighted by molar-refractivity contribution is -0.384. The Kier molecular flexibility index (Phi) is 5.02. The highest BCUT2D eigenvalue weighted by atomic mass is 79.9. The molecule has 0 radical (unpaired) electrons. The zero-order valence-electron chi connectivity index (χ0n) is 12.0. The first-order chi connectivity index (χ1) is 9.49. The SMILES string of the molecule is CC(C)CN(c1ccc(Br)cc1[N+](=O)[O-])C1CCCC1. The van der Waals surface area contributed by atoms with Crippen LogP contribution in [0.1, 0.15) is 39.5 Å². The van der Waals surface area contributed by atoms with Crippen LogP contribution in [0.4, 0.5) is 11.4 Å². The van der Waals surface area contributed by atoms with E-state index in [1.54, 1.807) is 6.07 Å². The smallest absolute Gasteiger partial charge is 0.293 e. The largest absolute Gasteiger partial charge is 0.363 e. The summed E-state index contributed by atoms with van der Waals surface area (Å²) < 4.78 is 0.754. The highest BCUT2D eigenvalue weighted by Gasteiger charge is 2.28. The van der Waals surface area contributed by atoms with Crippen molar-refractivity contribution in [2.45, 2.75) is 45.6 Å². The van der Waals surface area contributed by atoms with Crippen LogP contribution in [0.3, 0.4) is 0 Å². The monoisotopic (exact) mass is 340 g/mol. The summed E-state index contributed by atoms with van der Waals surface area (Å²) in [7, 11) is 0. The molecule has 1 aromatic carbocycles. The molecule has 4 nitrogen and oxygen atoms in total. The molecule has 1 aliphatic rings. The summed E-state index contributed by atoms with van der Waals surface area (Å²) in [6, 6.07) is 5.82. The Balaban J connectivity index is 2.39. The number of hydrogen-bond donors (Lipinski definition) is 0. The van der Waals surface area contributed by atoms with Gasteiger partial charge in [-0.15, -0.1) is 0 Å². The molecule has 0 heterocycles. The maximum atomic E-state index is 11.3. The molecule has 5 heteroatoms. The summed E-state index contributed by atoms with van der Waals surface area (Å²) in [6.45, 7) is 5.19. The van der Waals surface area contributed by atoms with Crippen LogP contribution in [0.2, 0.25) is 0 Å². The highest BCUT2D eigenvalue weighted by Crippen LogP contribution is 2.36. The number of nitro benzene ring substituents is 1. The van der Waals surface area contributed by atoms with Gasteiger partial charge in [-0.2, -0.15) is 0 Å². The molecule has 0 saturated heterocycles. The molecule has 1 fully saturated rings. The van der Waals surface area contributed by atoms with Gasteiger partial charge >= 0.3 is 0 Å². The molecule has 1 saturated carbocycles. The minimum absolute atomic E-state index is 0.201. The fourth-order valence-electron chi connectivity index (χ4n) is 2.94. The molecule has 1 aromatic rings. The molecule has 0 atom stereocenters. The fourth-order valence-corrected chi connectivity index (χ4v) is 3.29. The Morgan fingerprint density at radius 2 is 2.05 bits per heavy atom. The standard InChI is InChI=1S/C15H21BrN2O2/c1-11(2)10-17(13-5-3-4-6-13)14-8-7-12(16)9-15(14)18(19)20/h7-9,11,13H,3-6,10H2,1-2H3. The minimum Gasteiger partial charge on any atom is -0.363 e. The number of hydrogen-bond acceptors (Lipinski definition) is 3. The van der Waals surface area contributed by atoms with E-state index in [9.17, 15) is 10.1 Å². The van der Waals surface area contributed by atoms with Crippen LogP contribution in [-0.2, 0) is 0 Å². The molecular weight excluding hydrogens is 320 g/mol. The van der Waals surface area contributed by atoms with E-state index in [0.717, 1.165) is 29.5 Å². The average Bonchev–Trinajstić information content (AvgIpc) is 2.89. The van der Waals surface area contributed by atoms with Crippen LogP contribution >= 0.6 is 15.9 Å². The van der Waals surface area contributed by atoms with Crippen molar-refractivity contribution in [2.75, 3.05) is 11.4 Å². The Hall–Kier alpha value is -1.10. The van der Waals surface area contributed by atoms with Gasteiger partial charge in [0.15, 0.2) is 0 Å². The summed E-state index contributed by atoms with van der Waals surface area (Å²) in [5.74, 6) is 0.485. The van der Waals surface area contributed by atoms with E-state index in [1.807, 2.05) is 12.1 Å². The molecule has 0 unspecified atom stereocenters. The van der Waals surface area contributed by atoms with Crippen LogP contribution in [0, 0.1) is 16.0 Å². The Morgan fingerprint density at radius 1 is 1.40 bits per heavy atom. The quantitative estimate of drug-likeness (QED) is 0.573. The van der Waals surface area contributed by atoms with E-state index in [4.69, 9.17) is 0 Å². The van der Waals surface area contributed by atoms with Gasteiger partial charge in [-0.25, -0.2) is 0 Å². The number of benzene rings is 1. The summed E-state index contributed by atoms with van der Waals surface area (Å²) in [4.78, 5) is 13.3. The third-order valence-electron chi connectivity index (χ3n) is 3.77. The van der Waals surface area contributed by atoms with E-state index >= 15 is 0 Å². The predicted molar refractivity (Wildman–Crippen MR) is 85.2 cm³/mol. The summed E-state index contributed by atoms with van der Waals surface area (Å²) in [5, 5.41) is 11.3. The number of rotatable bonds is 5. The van der Waals surface area contributed by atoms with Crippen molar-refractivity contribution < 1.29 is 4.92 Å². The molecule has 1 aliphatic carbocycles. The molecular formula is C15H21BrN2O2. The van der Waals surface area contributed by atoms with E-state index in [-0.39, 0.29) is 10.6 Å². The molecule has 0 bridgehead atoms. The second-order valence-corrected chi connectivity index (χ2v) is 6.79. The van der Waals surface area contributed by atoms with Crippen molar-refractivity contribution >= 4 is 27.3 Å². The first-order valence-corrected chi connectivity index (χ1v) is 7.99. The Morgan fingerprint density at radius 3 is 2.60 bits per heavy atom. The Bertz CT molecular complexity index is 485. The third-order valence-corrected chi connectivity index (χ3v) is 4.26. The normalized spacial score (nSPS) is 15.8. The van der Waals surface area contributed by atoms with Gasteiger partial charge in [0, 0.05) is 23.1 Å². The molecule has 2 rings (SSSR count). The lowest BCUT2D eigenvalue weighted by Gasteiger charge is -2.32. The second kappa shape index (κ2) is 6.57. The maximum absolute atomic E-state index is 11.3. The van der Waals surface area contributed by atoms with Crippen LogP contribution in [0.15, 0.2) is 22.7 Å². The molecule has 110 valence electrons. The Labute approximate surface area is 128 Å². The van der Waals surface area contributed by atoms with Crippen molar-refractivity contribution in [2.24, 2.45) is 5.92 Å². The van der Waals surface area contributed by atoms with Crippen molar-refractivity contribution in [1.29, 1.82) is 0 Å². The molecule has 0 aromatic heterocycles. The number of nitrogens with zero attached hydrogens (tertiary/aromatic N) is 2. The van der Waals surface area contributed by atoms with Crippen molar-refractivity contribution in [1.82, 2.24) is 0 Å². The summed E-state index contributed by atoms with van der Waals surface area (Å²) >= 11 is 3.33. The molecule has 20 heavy (non-hydrogen) atoms. The van der Waals surface area contributed by atoms with Gasteiger partial charge in [0.2, 0.25) is 0 Å². The van der Waals surface area contributed by atoms with Crippen LogP contribution < -0.4 is 4.90 Å². The highest BCUT2D eigenvalue weighted by molar-refractivity contribution is 9.10. The average molecular weight is 341 g/mol. The maximum Gasteiger partial charge on any atom is 0.293 e. The number of nitro groups is 1. The molecule has 0 N–H and O–H groups in total. The molecule has 0 spiro atoms. The zero-order chi connectivity index (χ0) is 14.7. The summed E-state index contributed by atoms with van der Waals surface area (Å²) in [6.07, 6.45) is 4.73. The number of halogens is 1. The van der Waals surface area contributed by atoms with E-state index in [0.29, 0.717) is 12.0 Å². The fraction of sp³-hybridized carbons (Fsp3) is 0.600. The first-order valence-electron chi connectivity index (χ1n) is 7.19. The van der Waals surface area contributed by atoms with Crippen molar-refractivity contribution in [3.8, 4) is 0 Å².